The van der Waals surface area contributed by atoms with E-state index in [2.05, 4.69) is 9.88 Å². The molecule has 0 saturated carbocycles. The van der Waals surface area contributed by atoms with Gasteiger partial charge in [0.1, 0.15) is 0 Å². The molecule has 0 aliphatic carbocycles. The van der Waals surface area contributed by atoms with Crippen LogP contribution in [0.5, 0.6) is 0 Å². The average molecular weight is 248 g/mol. The number of primary amides is 1. The van der Waals surface area contributed by atoms with Crippen LogP contribution in [0.2, 0.25) is 0 Å². The summed E-state index contributed by atoms with van der Waals surface area (Å²) in [6.45, 7) is 2.14. The molecule has 0 bridgehead atoms. The molecule has 1 aliphatic heterocycles. The maximum absolute atomic E-state index is 11.3. The number of nitrogens with two attached hydrogens (primary N) is 2. The van der Waals surface area contributed by atoms with E-state index < -0.39 is 0 Å². The minimum absolute atomic E-state index is 0.0588. The van der Waals surface area contributed by atoms with Crippen LogP contribution in [-0.4, -0.2) is 35.4 Å². The van der Waals surface area contributed by atoms with Crippen LogP contribution < -0.4 is 11.5 Å². The molecular weight excluding hydrogens is 228 g/mol. The van der Waals surface area contributed by atoms with E-state index in [-0.39, 0.29) is 17.9 Å². The van der Waals surface area contributed by atoms with Gasteiger partial charge in [-0.25, -0.2) is 0 Å². The SMILES string of the molecule is NCC(c1ccccn1)N1CCCC(C(N)=O)C1. The first-order valence-corrected chi connectivity index (χ1v) is 6.36. The lowest BCUT2D eigenvalue weighted by molar-refractivity contribution is -0.123. The zero-order chi connectivity index (χ0) is 13.0. The second-order valence-corrected chi connectivity index (χ2v) is 4.74. The molecule has 1 saturated heterocycles. The van der Waals surface area contributed by atoms with Crippen molar-refractivity contribution in [1.82, 2.24) is 9.88 Å². The van der Waals surface area contributed by atoms with Crippen molar-refractivity contribution in [2.24, 2.45) is 17.4 Å². The summed E-state index contributed by atoms with van der Waals surface area (Å²) >= 11 is 0. The predicted molar refractivity (Wildman–Crippen MR) is 69.5 cm³/mol. The van der Waals surface area contributed by atoms with Crippen LogP contribution >= 0.6 is 0 Å². The normalized spacial score (nSPS) is 22.6. The third-order valence-electron chi connectivity index (χ3n) is 3.55. The summed E-state index contributed by atoms with van der Waals surface area (Å²) in [5, 5.41) is 0. The number of pyridine rings is 1. The number of aromatic nitrogens is 1. The number of amides is 1. The zero-order valence-electron chi connectivity index (χ0n) is 10.5. The van der Waals surface area contributed by atoms with Crippen molar-refractivity contribution in [1.29, 1.82) is 0 Å². The second-order valence-electron chi connectivity index (χ2n) is 4.74. The second kappa shape index (κ2) is 5.93. The van der Waals surface area contributed by atoms with Crippen LogP contribution in [0.25, 0.3) is 0 Å². The number of hydrogen-bond acceptors (Lipinski definition) is 4. The molecule has 1 aliphatic rings. The summed E-state index contributed by atoms with van der Waals surface area (Å²) in [7, 11) is 0. The van der Waals surface area contributed by atoms with E-state index in [0.29, 0.717) is 13.1 Å². The number of likely N-dealkylation sites (tertiary alicyclic amines) is 1. The van der Waals surface area contributed by atoms with Crippen molar-refractivity contribution in [2.45, 2.75) is 18.9 Å². The molecule has 0 aromatic carbocycles. The largest absolute Gasteiger partial charge is 0.369 e. The fraction of sp³-hybridized carbons (Fsp3) is 0.538. The molecule has 2 atom stereocenters. The molecular formula is C13H20N4O. The van der Waals surface area contributed by atoms with Crippen molar-refractivity contribution in [2.75, 3.05) is 19.6 Å². The lowest BCUT2D eigenvalue weighted by Gasteiger charge is -2.36. The number of carbonyl (C=O) groups is 1. The van der Waals surface area contributed by atoms with Gasteiger partial charge >= 0.3 is 0 Å². The van der Waals surface area contributed by atoms with Crippen LogP contribution in [0.4, 0.5) is 0 Å². The van der Waals surface area contributed by atoms with E-state index in [1.54, 1.807) is 6.20 Å². The van der Waals surface area contributed by atoms with E-state index >= 15 is 0 Å². The van der Waals surface area contributed by atoms with Crippen LogP contribution in [0, 0.1) is 5.92 Å². The highest BCUT2D eigenvalue weighted by Crippen LogP contribution is 2.24. The Bertz CT molecular complexity index is 395. The van der Waals surface area contributed by atoms with Crippen molar-refractivity contribution in [3.63, 3.8) is 0 Å². The quantitative estimate of drug-likeness (QED) is 0.801. The molecule has 4 N–H and O–H groups in total. The van der Waals surface area contributed by atoms with Crippen molar-refractivity contribution < 1.29 is 4.79 Å². The highest BCUT2D eigenvalue weighted by atomic mass is 16.1. The topological polar surface area (TPSA) is 85.2 Å². The Kier molecular flexibility index (Phi) is 4.28. The summed E-state index contributed by atoms with van der Waals surface area (Å²) in [6, 6.07) is 5.90. The summed E-state index contributed by atoms with van der Waals surface area (Å²) in [5.74, 6) is -0.270. The molecule has 2 heterocycles. The summed E-state index contributed by atoms with van der Waals surface area (Å²) in [5.41, 5.74) is 12.2. The molecule has 18 heavy (non-hydrogen) atoms. The van der Waals surface area contributed by atoms with Gasteiger partial charge in [0.2, 0.25) is 5.91 Å². The number of piperidine rings is 1. The maximum Gasteiger partial charge on any atom is 0.221 e. The highest BCUT2D eigenvalue weighted by Gasteiger charge is 2.29. The molecule has 2 rings (SSSR count). The van der Waals surface area contributed by atoms with Crippen LogP contribution in [0.1, 0.15) is 24.6 Å². The number of rotatable bonds is 4. The first-order chi connectivity index (χ1) is 8.72. The average Bonchev–Trinajstić information content (AvgIpc) is 2.41. The van der Waals surface area contributed by atoms with Crippen LogP contribution in [-0.2, 0) is 4.79 Å². The van der Waals surface area contributed by atoms with Gasteiger partial charge in [-0.2, -0.15) is 0 Å². The molecule has 5 nitrogen and oxygen atoms in total. The summed E-state index contributed by atoms with van der Waals surface area (Å²) < 4.78 is 0. The van der Waals surface area contributed by atoms with E-state index in [1.807, 2.05) is 18.2 Å². The van der Waals surface area contributed by atoms with E-state index in [0.717, 1.165) is 25.1 Å². The van der Waals surface area contributed by atoms with Gasteiger partial charge in [0.15, 0.2) is 0 Å². The van der Waals surface area contributed by atoms with Gasteiger partial charge in [-0.05, 0) is 31.5 Å². The van der Waals surface area contributed by atoms with Gasteiger partial charge < -0.3 is 11.5 Å². The molecule has 0 spiro atoms. The number of hydrogen-bond donors (Lipinski definition) is 2. The Morgan fingerprint density at radius 2 is 2.39 bits per heavy atom. The predicted octanol–water partition coefficient (Wildman–Crippen LogP) is 0.279. The summed E-state index contributed by atoms with van der Waals surface area (Å²) in [6.07, 6.45) is 3.63. The summed E-state index contributed by atoms with van der Waals surface area (Å²) in [4.78, 5) is 17.9. The highest BCUT2D eigenvalue weighted by molar-refractivity contribution is 5.76. The van der Waals surface area contributed by atoms with Crippen LogP contribution in [0.15, 0.2) is 24.4 Å². The van der Waals surface area contributed by atoms with E-state index in [4.69, 9.17) is 11.5 Å². The van der Waals surface area contributed by atoms with Gasteiger partial charge in [0.25, 0.3) is 0 Å². The van der Waals surface area contributed by atoms with Gasteiger partial charge in [0.05, 0.1) is 17.7 Å². The lowest BCUT2D eigenvalue weighted by atomic mass is 9.95. The first-order valence-electron chi connectivity index (χ1n) is 6.36. The van der Waals surface area contributed by atoms with Gasteiger partial charge in [-0.15, -0.1) is 0 Å². The molecule has 1 fully saturated rings. The number of nitrogens with zero attached hydrogens (tertiary/aromatic N) is 2. The maximum atomic E-state index is 11.3. The van der Waals surface area contributed by atoms with Crippen LogP contribution in [0.3, 0.4) is 0 Å². The molecule has 2 unspecified atom stereocenters. The Balaban J connectivity index is 2.11. The third kappa shape index (κ3) is 2.86. The minimum Gasteiger partial charge on any atom is -0.369 e. The Labute approximate surface area is 107 Å². The van der Waals surface area contributed by atoms with Gasteiger partial charge in [-0.1, -0.05) is 6.07 Å². The van der Waals surface area contributed by atoms with Gasteiger partial charge in [0, 0.05) is 19.3 Å². The first kappa shape index (κ1) is 13.0. The Morgan fingerprint density at radius 3 is 3.00 bits per heavy atom. The monoisotopic (exact) mass is 248 g/mol. The molecule has 0 radical (unpaired) electrons. The fourth-order valence-electron chi connectivity index (χ4n) is 2.55. The zero-order valence-corrected chi connectivity index (χ0v) is 10.5. The minimum atomic E-state index is -0.212. The molecule has 1 amide bonds. The van der Waals surface area contributed by atoms with Crippen molar-refractivity contribution in [3.05, 3.63) is 30.1 Å². The molecule has 5 heteroatoms. The third-order valence-corrected chi connectivity index (χ3v) is 3.55. The van der Waals surface area contributed by atoms with E-state index in [9.17, 15) is 4.79 Å². The molecule has 1 aromatic heterocycles. The standard InChI is InChI=1S/C13H20N4O/c14-8-12(11-5-1-2-6-16-11)17-7-3-4-10(9-17)13(15)18/h1-2,5-6,10,12H,3-4,7-9,14H2,(H2,15,18). The molecule has 98 valence electrons. The fourth-order valence-corrected chi connectivity index (χ4v) is 2.55. The lowest BCUT2D eigenvalue weighted by Crippen LogP contribution is -2.44. The molecule has 1 aromatic rings. The van der Waals surface area contributed by atoms with Crippen molar-refractivity contribution in [3.8, 4) is 0 Å². The smallest absolute Gasteiger partial charge is 0.221 e. The Hall–Kier alpha value is -1.46. The van der Waals surface area contributed by atoms with Crippen molar-refractivity contribution >= 4 is 5.91 Å². The van der Waals surface area contributed by atoms with Gasteiger partial charge in [-0.3, -0.25) is 14.7 Å². The Morgan fingerprint density at radius 1 is 1.56 bits per heavy atom. The number of carbonyl (C=O) groups excluding carboxylic acids is 1. The van der Waals surface area contributed by atoms with E-state index in [1.165, 1.54) is 0 Å².